The SMILES string of the molecule is CNC(c1cc(C)cc(C)c1)C1CCc2cccnc21. The van der Waals surface area contributed by atoms with Gasteiger partial charge in [0, 0.05) is 23.9 Å². The van der Waals surface area contributed by atoms with E-state index in [1.54, 1.807) is 0 Å². The van der Waals surface area contributed by atoms with E-state index < -0.39 is 0 Å². The predicted octanol–water partition coefficient (Wildman–Crippen LogP) is 3.69. The lowest BCUT2D eigenvalue weighted by Gasteiger charge is -2.24. The van der Waals surface area contributed by atoms with E-state index in [2.05, 4.69) is 55.5 Å². The predicted molar refractivity (Wildman–Crippen MR) is 83.0 cm³/mol. The molecule has 1 aromatic carbocycles. The minimum atomic E-state index is 0.352. The van der Waals surface area contributed by atoms with Gasteiger partial charge in [-0.3, -0.25) is 4.98 Å². The lowest BCUT2D eigenvalue weighted by atomic mass is 9.89. The first-order chi connectivity index (χ1) is 9.69. The summed E-state index contributed by atoms with van der Waals surface area (Å²) < 4.78 is 0. The maximum Gasteiger partial charge on any atom is 0.0485 e. The second-order valence-corrected chi connectivity index (χ2v) is 5.88. The van der Waals surface area contributed by atoms with Crippen LogP contribution in [0, 0.1) is 13.8 Å². The molecule has 20 heavy (non-hydrogen) atoms. The van der Waals surface area contributed by atoms with Crippen molar-refractivity contribution in [1.29, 1.82) is 0 Å². The normalized spacial score (nSPS) is 18.9. The number of nitrogens with zero attached hydrogens (tertiary/aromatic N) is 1. The van der Waals surface area contributed by atoms with Crippen LogP contribution in [0.3, 0.4) is 0 Å². The number of aryl methyl sites for hydroxylation is 3. The molecule has 1 N–H and O–H groups in total. The van der Waals surface area contributed by atoms with Crippen molar-refractivity contribution in [3.63, 3.8) is 0 Å². The molecule has 1 aliphatic rings. The molecule has 0 fully saturated rings. The Labute approximate surface area is 121 Å². The zero-order chi connectivity index (χ0) is 14.1. The minimum Gasteiger partial charge on any atom is -0.312 e. The van der Waals surface area contributed by atoms with Crippen LogP contribution >= 0.6 is 0 Å². The van der Waals surface area contributed by atoms with Gasteiger partial charge in [-0.25, -0.2) is 0 Å². The van der Waals surface area contributed by atoms with E-state index in [4.69, 9.17) is 0 Å². The van der Waals surface area contributed by atoms with Crippen LogP contribution in [-0.4, -0.2) is 12.0 Å². The van der Waals surface area contributed by atoms with Gasteiger partial charge in [0.15, 0.2) is 0 Å². The van der Waals surface area contributed by atoms with Crippen molar-refractivity contribution in [2.45, 2.75) is 38.6 Å². The molecule has 1 heterocycles. The Morgan fingerprint density at radius 1 is 1.20 bits per heavy atom. The van der Waals surface area contributed by atoms with Crippen LogP contribution in [0.4, 0.5) is 0 Å². The first-order valence-electron chi connectivity index (χ1n) is 7.38. The average molecular weight is 266 g/mol. The lowest BCUT2D eigenvalue weighted by molar-refractivity contribution is 0.469. The summed E-state index contributed by atoms with van der Waals surface area (Å²) in [6.45, 7) is 4.34. The summed E-state index contributed by atoms with van der Waals surface area (Å²) >= 11 is 0. The van der Waals surface area contributed by atoms with E-state index in [1.165, 1.54) is 34.4 Å². The van der Waals surface area contributed by atoms with Gasteiger partial charge in [0.25, 0.3) is 0 Å². The van der Waals surface area contributed by atoms with E-state index >= 15 is 0 Å². The average Bonchev–Trinajstić information content (AvgIpc) is 2.83. The van der Waals surface area contributed by atoms with Crippen molar-refractivity contribution in [2.75, 3.05) is 7.05 Å². The Morgan fingerprint density at radius 3 is 2.65 bits per heavy atom. The standard InChI is InChI=1S/C18H22N2/c1-12-9-13(2)11-15(10-12)17(19-3)16-7-6-14-5-4-8-20-18(14)16/h4-5,8-11,16-17,19H,6-7H2,1-3H3. The molecule has 0 aliphatic heterocycles. The molecule has 1 aliphatic carbocycles. The van der Waals surface area contributed by atoms with Gasteiger partial charge in [-0.1, -0.05) is 35.4 Å². The topological polar surface area (TPSA) is 24.9 Å². The van der Waals surface area contributed by atoms with Crippen LogP contribution in [0.5, 0.6) is 0 Å². The van der Waals surface area contributed by atoms with E-state index in [1.807, 2.05) is 12.3 Å². The number of hydrogen-bond donors (Lipinski definition) is 1. The number of nitrogens with one attached hydrogen (secondary N) is 1. The molecule has 0 saturated heterocycles. The fraction of sp³-hybridized carbons (Fsp3) is 0.389. The zero-order valence-corrected chi connectivity index (χ0v) is 12.5. The molecule has 3 rings (SSSR count). The Morgan fingerprint density at radius 2 is 1.95 bits per heavy atom. The molecule has 0 amide bonds. The monoisotopic (exact) mass is 266 g/mol. The van der Waals surface area contributed by atoms with Crippen LogP contribution in [0.1, 0.15) is 46.3 Å². The summed E-state index contributed by atoms with van der Waals surface area (Å²) in [5.41, 5.74) is 6.75. The number of benzene rings is 1. The number of fused-ring (bicyclic) bond motifs is 1. The van der Waals surface area contributed by atoms with Gasteiger partial charge in [-0.2, -0.15) is 0 Å². The molecule has 2 heteroatoms. The van der Waals surface area contributed by atoms with E-state index in [0.29, 0.717) is 12.0 Å². The number of hydrogen-bond acceptors (Lipinski definition) is 2. The molecule has 0 radical (unpaired) electrons. The van der Waals surface area contributed by atoms with Crippen molar-refractivity contribution in [3.8, 4) is 0 Å². The van der Waals surface area contributed by atoms with Gasteiger partial charge < -0.3 is 5.32 Å². The highest BCUT2D eigenvalue weighted by atomic mass is 14.9. The van der Waals surface area contributed by atoms with Gasteiger partial charge in [0.1, 0.15) is 0 Å². The van der Waals surface area contributed by atoms with E-state index in [0.717, 1.165) is 6.42 Å². The molecule has 104 valence electrons. The summed E-state index contributed by atoms with van der Waals surface area (Å²) in [6.07, 6.45) is 4.26. The highest BCUT2D eigenvalue weighted by Gasteiger charge is 2.31. The van der Waals surface area contributed by atoms with Crippen molar-refractivity contribution in [1.82, 2.24) is 10.3 Å². The van der Waals surface area contributed by atoms with Gasteiger partial charge in [-0.05, 0) is 50.9 Å². The maximum atomic E-state index is 4.64. The third-order valence-electron chi connectivity index (χ3n) is 4.32. The first kappa shape index (κ1) is 13.3. The molecule has 2 atom stereocenters. The highest BCUT2D eigenvalue weighted by molar-refractivity contribution is 5.36. The van der Waals surface area contributed by atoms with Crippen molar-refractivity contribution in [2.24, 2.45) is 0 Å². The summed E-state index contributed by atoms with van der Waals surface area (Å²) in [7, 11) is 2.06. The van der Waals surface area contributed by atoms with Crippen molar-refractivity contribution < 1.29 is 0 Å². The summed E-state index contributed by atoms with van der Waals surface area (Å²) in [5, 5.41) is 3.52. The number of likely N-dealkylation sites (N-methyl/N-ethyl adjacent to an activating group) is 1. The van der Waals surface area contributed by atoms with Gasteiger partial charge in [-0.15, -0.1) is 0 Å². The largest absolute Gasteiger partial charge is 0.312 e. The quantitative estimate of drug-likeness (QED) is 0.916. The Bertz CT molecular complexity index is 598. The molecule has 1 aromatic heterocycles. The third-order valence-corrected chi connectivity index (χ3v) is 4.32. The molecular formula is C18H22N2. The van der Waals surface area contributed by atoms with E-state index in [-0.39, 0.29) is 0 Å². The van der Waals surface area contributed by atoms with Crippen LogP contribution in [0.15, 0.2) is 36.5 Å². The zero-order valence-electron chi connectivity index (χ0n) is 12.5. The van der Waals surface area contributed by atoms with Gasteiger partial charge in [0.05, 0.1) is 0 Å². The first-order valence-corrected chi connectivity index (χ1v) is 7.38. The molecule has 0 saturated carbocycles. The van der Waals surface area contributed by atoms with Crippen molar-refractivity contribution >= 4 is 0 Å². The fourth-order valence-corrected chi connectivity index (χ4v) is 3.56. The van der Waals surface area contributed by atoms with Crippen LogP contribution in [0.25, 0.3) is 0 Å². The smallest absolute Gasteiger partial charge is 0.0485 e. The van der Waals surface area contributed by atoms with Gasteiger partial charge in [0.2, 0.25) is 0 Å². The Kier molecular flexibility index (Phi) is 3.58. The summed E-state index contributed by atoms with van der Waals surface area (Å²) in [6, 6.07) is 11.5. The Hall–Kier alpha value is -1.67. The fourth-order valence-electron chi connectivity index (χ4n) is 3.56. The maximum absolute atomic E-state index is 4.64. The van der Waals surface area contributed by atoms with Crippen LogP contribution < -0.4 is 5.32 Å². The molecule has 2 nitrogen and oxygen atoms in total. The minimum absolute atomic E-state index is 0.352. The number of pyridine rings is 1. The number of aromatic nitrogens is 1. The van der Waals surface area contributed by atoms with E-state index in [9.17, 15) is 0 Å². The third kappa shape index (κ3) is 2.36. The van der Waals surface area contributed by atoms with Gasteiger partial charge >= 0.3 is 0 Å². The molecule has 0 bridgehead atoms. The summed E-state index contributed by atoms with van der Waals surface area (Å²) in [5.74, 6) is 0.484. The molecule has 2 aromatic rings. The second kappa shape index (κ2) is 5.37. The molecule has 2 unspecified atom stereocenters. The van der Waals surface area contributed by atoms with Crippen LogP contribution in [-0.2, 0) is 6.42 Å². The highest BCUT2D eigenvalue weighted by Crippen LogP contribution is 2.40. The second-order valence-electron chi connectivity index (χ2n) is 5.88. The summed E-state index contributed by atoms with van der Waals surface area (Å²) in [4.78, 5) is 4.64. The van der Waals surface area contributed by atoms with Crippen molar-refractivity contribution in [3.05, 3.63) is 64.5 Å². The molecular weight excluding hydrogens is 244 g/mol. The lowest BCUT2D eigenvalue weighted by Crippen LogP contribution is -2.23. The van der Waals surface area contributed by atoms with Crippen LogP contribution in [0.2, 0.25) is 0 Å². The number of rotatable bonds is 3. The molecule has 0 spiro atoms. The Balaban J connectivity index is 1.99.